The molecule has 0 atom stereocenters. The van der Waals surface area contributed by atoms with Gasteiger partial charge in [0, 0.05) is 29.5 Å². The molecule has 8 nitrogen and oxygen atoms in total. The summed E-state index contributed by atoms with van der Waals surface area (Å²) in [6.45, 7) is 1.77. The Morgan fingerprint density at radius 1 is 0.867 bits per heavy atom. The fraction of sp³-hybridized carbons (Fsp3) is 0.136. The predicted molar refractivity (Wildman–Crippen MR) is 114 cm³/mol. The van der Waals surface area contributed by atoms with Gasteiger partial charge in [-0.05, 0) is 54.6 Å². The van der Waals surface area contributed by atoms with Crippen molar-refractivity contribution in [3.63, 3.8) is 0 Å². The van der Waals surface area contributed by atoms with E-state index in [9.17, 15) is 14.4 Å². The standard InChI is InChI=1S/C22H22N4O4/c1-15(27)25-18-9-7-17(8-10-18)23-14-21(28)26-19-5-2-4-16(12-19)22(29)24-13-20-6-3-11-30-20/h2-12,23H,13-14H2,1H3,(H,24,29)(H,25,27)(H,26,28). The van der Waals surface area contributed by atoms with Crippen molar-refractivity contribution >= 4 is 34.8 Å². The molecule has 30 heavy (non-hydrogen) atoms. The smallest absolute Gasteiger partial charge is 0.251 e. The van der Waals surface area contributed by atoms with Crippen LogP contribution in [0.3, 0.4) is 0 Å². The summed E-state index contributed by atoms with van der Waals surface area (Å²) < 4.78 is 5.19. The highest BCUT2D eigenvalue weighted by molar-refractivity contribution is 5.98. The second-order valence-electron chi connectivity index (χ2n) is 6.50. The third-order valence-corrected chi connectivity index (χ3v) is 4.07. The lowest BCUT2D eigenvalue weighted by Crippen LogP contribution is -2.24. The van der Waals surface area contributed by atoms with E-state index in [0.717, 1.165) is 5.69 Å². The van der Waals surface area contributed by atoms with E-state index in [1.807, 2.05) is 0 Å². The largest absolute Gasteiger partial charge is 0.467 e. The van der Waals surface area contributed by atoms with Gasteiger partial charge < -0.3 is 25.7 Å². The van der Waals surface area contributed by atoms with E-state index in [-0.39, 0.29) is 30.8 Å². The lowest BCUT2D eigenvalue weighted by molar-refractivity contribution is -0.115. The number of amides is 3. The lowest BCUT2D eigenvalue weighted by Gasteiger charge is -2.10. The molecule has 0 aliphatic carbocycles. The first kappa shape index (κ1) is 20.7. The Labute approximate surface area is 173 Å². The van der Waals surface area contributed by atoms with Crippen LogP contribution >= 0.6 is 0 Å². The van der Waals surface area contributed by atoms with Gasteiger partial charge in [-0.3, -0.25) is 14.4 Å². The molecule has 8 heteroatoms. The SMILES string of the molecule is CC(=O)Nc1ccc(NCC(=O)Nc2cccc(C(=O)NCc3ccco3)c2)cc1. The number of carbonyl (C=O) groups excluding carboxylic acids is 3. The van der Waals surface area contributed by atoms with Crippen LogP contribution in [-0.2, 0) is 16.1 Å². The number of anilines is 3. The summed E-state index contributed by atoms with van der Waals surface area (Å²) in [6.07, 6.45) is 1.54. The number of benzene rings is 2. The van der Waals surface area contributed by atoms with E-state index in [2.05, 4.69) is 21.3 Å². The highest BCUT2D eigenvalue weighted by Gasteiger charge is 2.09. The van der Waals surface area contributed by atoms with Gasteiger partial charge in [-0.25, -0.2) is 0 Å². The van der Waals surface area contributed by atoms with Gasteiger partial charge in [-0.2, -0.15) is 0 Å². The Balaban J connectivity index is 1.49. The molecule has 0 saturated carbocycles. The van der Waals surface area contributed by atoms with Crippen molar-refractivity contribution in [3.8, 4) is 0 Å². The van der Waals surface area contributed by atoms with E-state index in [0.29, 0.717) is 22.7 Å². The van der Waals surface area contributed by atoms with Crippen LogP contribution in [-0.4, -0.2) is 24.3 Å². The highest BCUT2D eigenvalue weighted by Crippen LogP contribution is 2.14. The summed E-state index contributed by atoms with van der Waals surface area (Å²) in [7, 11) is 0. The molecule has 4 N–H and O–H groups in total. The number of hydrogen-bond acceptors (Lipinski definition) is 5. The molecule has 1 aromatic heterocycles. The number of hydrogen-bond donors (Lipinski definition) is 4. The van der Waals surface area contributed by atoms with Crippen molar-refractivity contribution in [2.75, 3.05) is 22.5 Å². The van der Waals surface area contributed by atoms with E-state index in [1.165, 1.54) is 6.92 Å². The zero-order chi connectivity index (χ0) is 21.3. The first-order chi connectivity index (χ1) is 14.5. The van der Waals surface area contributed by atoms with Crippen molar-refractivity contribution in [2.45, 2.75) is 13.5 Å². The monoisotopic (exact) mass is 406 g/mol. The average molecular weight is 406 g/mol. The van der Waals surface area contributed by atoms with Crippen molar-refractivity contribution in [1.82, 2.24) is 5.32 Å². The van der Waals surface area contributed by atoms with Crippen molar-refractivity contribution < 1.29 is 18.8 Å². The maximum atomic E-state index is 12.3. The predicted octanol–water partition coefficient (Wildman–Crippen LogP) is 3.22. The first-order valence-electron chi connectivity index (χ1n) is 9.31. The Kier molecular flexibility index (Phi) is 6.83. The number of furan rings is 1. The molecule has 3 amide bonds. The minimum absolute atomic E-state index is 0.0500. The van der Waals surface area contributed by atoms with Crippen molar-refractivity contribution in [3.05, 3.63) is 78.3 Å². The fourth-order valence-electron chi connectivity index (χ4n) is 2.68. The van der Waals surface area contributed by atoms with Crippen molar-refractivity contribution in [1.29, 1.82) is 0 Å². The minimum Gasteiger partial charge on any atom is -0.467 e. The van der Waals surface area contributed by atoms with Crippen LogP contribution in [0.1, 0.15) is 23.0 Å². The normalized spacial score (nSPS) is 10.2. The van der Waals surface area contributed by atoms with Gasteiger partial charge in [-0.1, -0.05) is 6.07 Å². The Bertz CT molecular complexity index is 1010. The fourth-order valence-corrected chi connectivity index (χ4v) is 2.68. The molecule has 0 radical (unpaired) electrons. The van der Waals surface area contributed by atoms with Crippen LogP contribution < -0.4 is 21.3 Å². The van der Waals surface area contributed by atoms with Crippen LogP contribution in [0.5, 0.6) is 0 Å². The molecule has 0 spiro atoms. The summed E-state index contributed by atoms with van der Waals surface area (Å²) in [5.41, 5.74) is 2.37. The topological polar surface area (TPSA) is 112 Å². The molecule has 0 saturated heterocycles. The molecule has 3 rings (SSSR count). The van der Waals surface area contributed by atoms with E-state index in [1.54, 1.807) is 66.9 Å². The number of nitrogens with one attached hydrogen (secondary N) is 4. The first-order valence-corrected chi connectivity index (χ1v) is 9.31. The van der Waals surface area contributed by atoms with E-state index >= 15 is 0 Å². The van der Waals surface area contributed by atoms with Gasteiger partial charge in [0.2, 0.25) is 11.8 Å². The second-order valence-corrected chi connectivity index (χ2v) is 6.50. The quantitative estimate of drug-likeness (QED) is 0.459. The Hall–Kier alpha value is -4.07. The minimum atomic E-state index is -0.264. The summed E-state index contributed by atoms with van der Waals surface area (Å²) >= 11 is 0. The number of rotatable bonds is 8. The summed E-state index contributed by atoms with van der Waals surface area (Å²) in [4.78, 5) is 35.5. The average Bonchev–Trinajstić information content (AvgIpc) is 3.25. The molecule has 0 fully saturated rings. The third kappa shape index (κ3) is 6.23. The van der Waals surface area contributed by atoms with Gasteiger partial charge in [0.15, 0.2) is 0 Å². The summed E-state index contributed by atoms with van der Waals surface area (Å²) in [5, 5.41) is 11.2. The molecular weight excluding hydrogens is 384 g/mol. The molecular formula is C22H22N4O4. The van der Waals surface area contributed by atoms with Crippen LogP contribution in [0, 0.1) is 0 Å². The zero-order valence-electron chi connectivity index (χ0n) is 16.4. The van der Waals surface area contributed by atoms with Gasteiger partial charge >= 0.3 is 0 Å². The van der Waals surface area contributed by atoms with E-state index < -0.39 is 0 Å². The van der Waals surface area contributed by atoms with Gasteiger partial charge in [0.1, 0.15) is 5.76 Å². The zero-order valence-corrected chi connectivity index (χ0v) is 16.4. The molecule has 0 aliphatic rings. The van der Waals surface area contributed by atoms with Crippen LogP contribution in [0.2, 0.25) is 0 Å². The van der Waals surface area contributed by atoms with E-state index in [4.69, 9.17) is 4.42 Å². The third-order valence-electron chi connectivity index (χ3n) is 4.07. The Morgan fingerprint density at radius 2 is 1.63 bits per heavy atom. The lowest BCUT2D eigenvalue weighted by atomic mass is 10.2. The molecule has 3 aromatic rings. The molecule has 0 aliphatic heterocycles. The maximum absolute atomic E-state index is 12.3. The second kappa shape index (κ2) is 9.92. The van der Waals surface area contributed by atoms with Gasteiger partial charge in [-0.15, -0.1) is 0 Å². The van der Waals surface area contributed by atoms with Crippen molar-refractivity contribution in [2.24, 2.45) is 0 Å². The van der Waals surface area contributed by atoms with Crippen LogP contribution in [0.4, 0.5) is 17.1 Å². The Morgan fingerprint density at radius 3 is 2.33 bits per heavy atom. The van der Waals surface area contributed by atoms with Gasteiger partial charge in [0.25, 0.3) is 5.91 Å². The van der Waals surface area contributed by atoms with Crippen LogP contribution in [0.15, 0.2) is 71.3 Å². The van der Waals surface area contributed by atoms with Crippen LogP contribution in [0.25, 0.3) is 0 Å². The molecule has 0 unspecified atom stereocenters. The summed E-state index contributed by atoms with van der Waals surface area (Å²) in [6, 6.07) is 17.2. The molecule has 2 aromatic carbocycles. The van der Waals surface area contributed by atoms with Gasteiger partial charge in [0.05, 0.1) is 19.4 Å². The highest BCUT2D eigenvalue weighted by atomic mass is 16.3. The number of carbonyl (C=O) groups is 3. The molecule has 154 valence electrons. The molecule has 1 heterocycles. The molecule has 0 bridgehead atoms. The maximum Gasteiger partial charge on any atom is 0.251 e. The summed E-state index contributed by atoms with van der Waals surface area (Å²) in [5.74, 6) is -0.00933.